The van der Waals surface area contributed by atoms with Crippen LogP contribution in [0.5, 0.6) is 11.5 Å². The predicted molar refractivity (Wildman–Crippen MR) is 94.1 cm³/mol. The minimum absolute atomic E-state index is 0.144. The fourth-order valence-electron chi connectivity index (χ4n) is 2.42. The Morgan fingerprint density at radius 1 is 1.00 bits per heavy atom. The zero-order valence-corrected chi connectivity index (χ0v) is 15.2. The number of ether oxygens (including phenoxy) is 2. The SMILES string of the molecule is CC[C@H](NS(=O)(=O)c1ccc(OC)c(OC)c1)c1ccc(C)cc1. The highest BCUT2D eigenvalue weighted by molar-refractivity contribution is 7.89. The Balaban J connectivity index is 2.30. The van der Waals surface area contributed by atoms with Gasteiger partial charge in [-0.3, -0.25) is 0 Å². The molecule has 0 saturated carbocycles. The molecule has 0 bridgehead atoms. The van der Waals surface area contributed by atoms with Gasteiger partial charge in [0.05, 0.1) is 19.1 Å². The van der Waals surface area contributed by atoms with Crippen LogP contribution < -0.4 is 14.2 Å². The van der Waals surface area contributed by atoms with E-state index in [0.29, 0.717) is 17.9 Å². The van der Waals surface area contributed by atoms with Crippen LogP contribution in [-0.2, 0) is 10.0 Å². The summed E-state index contributed by atoms with van der Waals surface area (Å²) in [5.41, 5.74) is 2.07. The molecule has 0 aliphatic rings. The van der Waals surface area contributed by atoms with Crippen molar-refractivity contribution in [2.75, 3.05) is 14.2 Å². The summed E-state index contributed by atoms with van der Waals surface area (Å²) in [4.78, 5) is 0.144. The van der Waals surface area contributed by atoms with E-state index in [2.05, 4.69) is 4.72 Å². The van der Waals surface area contributed by atoms with E-state index in [-0.39, 0.29) is 10.9 Å². The fourth-order valence-corrected chi connectivity index (χ4v) is 3.75. The van der Waals surface area contributed by atoms with Crippen LogP contribution in [0.4, 0.5) is 0 Å². The van der Waals surface area contributed by atoms with Crippen LogP contribution in [0.1, 0.15) is 30.5 Å². The van der Waals surface area contributed by atoms with Crippen molar-refractivity contribution < 1.29 is 17.9 Å². The fraction of sp³-hybridized carbons (Fsp3) is 0.333. The van der Waals surface area contributed by atoms with Crippen molar-refractivity contribution in [1.82, 2.24) is 4.72 Å². The molecule has 0 unspecified atom stereocenters. The molecule has 6 heteroatoms. The molecule has 5 nitrogen and oxygen atoms in total. The number of sulfonamides is 1. The van der Waals surface area contributed by atoms with Gasteiger partial charge in [-0.05, 0) is 31.0 Å². The summed E-state index contributed by atoms with van der Waals surface area (Å²) >= 11 is 0. The summed E-state index contributed by atoms with van der Waals surface area (Å²) in [7, 11) is -0.689. The number of methoxy groups -OCH3 is 2. The molecule has 0 heterocycles. The van der Waals surface area contributed by atoms with Crippen molar-refractivity contribution >= 4 is 10.0 Å². The van der Waals surface area contributed by atoms with Gasteiger partial charge in [0.1, 0.15) is 0 Å². The third kappa shape index (κ3) is 4.07. The number of rotatable bonds is 7. The number of benzene rings is 2. The monoisotopic (exact) mass is 349 g/mol. The van der Waals surface area contributed by atoms with Gasteiger partial charge in [0.25, 0.3) is 0 Å². The van der Waals surface area contributed by atoms with E-state index in [0.717, 1.165) is 11.1 Å². The van der Waals surface area contributed by atoms with Crippen LogP contribution in [0.3, 0.4) is 0 Å². The van der Waals surface area contributed by atoms with Crippen molar-refractivity contribution in [1.29, 1.82) is 0 Å². The molecule has 24 heavy (non-hydrogen) atoms. The topological polar surface area (TPSA) is 64.6 Å². The normalized spacial score (nSPS) is 12.7. The second-order valence-electron chi connectivity index (χ2n) is 5.51. The van der Waals surface area contributed by atoms with E-state index >= 15 is 0 Å². The summed E-state index contributed by atoms with van der Waals surface area (Å²) in [6, 6.07) is 12.1. The Bertz CT molecular complexity index is 785. The van der Waals surface area contributed by atoms with Crippen LogP contribution in [0.15, 0.2) is 47.4 Å². The highest BCUT2D eigenvalue weighted by atomic mass is 32.2. The molecule has 1 N–H and O–H groups in total. The quantitative estimate of drug-likeness (QED) is 0.832. The standard InChI is InChI=1S/C18H23NO4S/c1-5-16(14-8-6-13(2)7-9-14)19-24(20,21)15-10-11-17(22-3)18(12-15)23-4/h6-12,16,19H,5H2,1-4H3/t16-/m0/s1. The number of aryl methyl sites for hydroxylation is 1. The largest absolute Gasteiger partial charge is 0.493 e. The lowest BCUT2D eigenvalue weighted by Crippen LogP contribution is -2.28. The van der Waals surface area contributed by atoms with E-state index in [1.165, 1.54) is 26.4 Å². The van der Waals surface area contributed by atoms with Gasteiger partial charge in [-0.2, -0.15) is 0 Å². The summed E-state index contributed by atoms with van der Waals surface area (Å²) in [6.45, 7) is 3.94. The maximum atomic E-state index is 12.7. The van der Waals surface area contributed by atoms with Crippen LogP contribution in [0, 0.1) is 6.92 Å². The molecule has 0 radical (unpaired) electrons. The van der Waals surface area contributed by atoms with E-state index in [1.54, 1.807) is 6.07 Å². The zero-order chi connectivity index (χ0) is 17.7. The first-order chi connectivity index (χ1) is 11.4. The molecule has 0 spiro atoms. The molecule has 2 aromatic rings. The summed E-state index contributed by atoms with van der Waals surface area (Å²) in [5, 5.41) is 0. The second kappa shape index (κ2) is 7.68. The molecule has 2 rings (SSSR count). The highest BCUT2D eigenvalue weighted by Gasteiger charge is 2.21. The second-order valence-corrected chi connectivity index (χ2v) is 7.22. The van der Waals surface area contributed by atoms with E-state index in [1.807, 2.05) is 38.1 Å². The van der Waals surface area contributed by atoms with Gasteiger partial charge in [-0.25, -0.2) is 13.1 Å². The summed E-state index contributed by atoms with van der Waals surface area (Å²) in [6.07, 6.45) is 0.648. The Morgan fingerprint density at radius 2 is 1.62 bits per heavy atom. The average molecular weight is 349 g/mol. The Morgan fingerprint density at radius 3 is 2.17 bits per heavy atom. The van der Waals surface area contributed by atoms with Gasteiger partial charge in [-0.1, -0.05) is 36.8 Å². The lowest BCUT2D eigenvalue weighted by Gasteiger charge is -2.18. The van der Waals surface area contributed by atoms with Gasteiger partial charge in [0.2, 0.25) is 10.0 Å². The van der Waals surface area contributed by atoms with Crippen LogP contribution in [0.2, 0.25) is 0 Å². The summed E-state index contributed by atoms with van der Waals surface area (Å²) in [5.74, 6) is 0.866. The van der Waals surface area contributed by atoms with E-state index < -0.39 is 10.0 Å². The van der Waals surface area contributed by atoms with Gasteiger partial charge in [-0.15, -0.1) is 0 Å². The molecular formula is C18H23NO4S. The minimum atomic E-state index is -3.67. The number of hydrogen-bond acceptors (Lipinski definition) is 4. The Labute approximate surface area is 143 Å². The molecule has 0 amide bonds. The third-order valence-electron chi connectivity index (χ3n) is 3.85. The molecule has 0 aliphatic carbocycles. The average Bonchev–Trinajstić information content (AvgIpc) is 2.59. The first-order valence-electron chi connectivity index (χ1n) is 7.72. The lowest BCUT2D eigenvalue weighted by molar-refractivity contribution is 0.354. The Kier molecular flexibility index (Phi) is 5.85. The van der Waals surface area contributed by atoms with Crippen LogP contribution in [0.25, 0.3) is 0 Å². The Hall–Kier alpha value is -2.05. The maximum absolute atomic E-state index is 12.7. The minimum Gasteiger partial charge on any atom is -0.493 e. The number of hydrogen-bond donors (Lipinski definition) is 1. The van der Waals surface area contributed by atoms with E-state index in [4.69, 9.17) is 9.47 Å². The number of nitrogens with one attached hydrogen (secondary N) is 1. The van der Waals surface area contributed by atoms with Gasteiger partial charge < -0.3 is 9.47 Å². The molecular weight excluding hydrogens is 326 g/mol. The van der Waals surface area contributed by atoms with Gasteiger partial charge >= 0.3 is 0 Å². The molecule has 0 fully saturated rings. The molecule has 130 valence electrons. The molecule has 2 aromatic carbocycles. The maximum Gasteiger partial charge on any atom is 0.241 e. The molecule has 0 aromatic heterocycles. The van der Waals surface area contributed by atoms with Gasteiger partial charge in [0, 0.05) is 12.1 Å². The first kappa shape index (κ1) is 18.3. The lowest BCUT2D eigenvalue weighted by atomic mass is 10.0. The van der Waals surface area contributed by atoms with Crippen LogP contribution >= 0.6 is 0 Å². The van der Waals surface area contributed by atoms with Crippen molar-refractivity contribution in [2.24, 2.45) is 0 Å². The van der Waals surface area contributed by atoms with Crippen molar-refractivity contribution in [3.05, 3.63) is 53.6 Å². The van der Waals surface area contributed by atoms with E-state index in [9.17, 15) is 8.42 Å². The highest BCUT2D eigenvalue weighted by Crippen LogP contribution is 2.30. The van der Waals surface area contributed by atoms with Crippen molar-refractivity contribution in [3.63, 3.8) is 0 Å². The molecule has 0 saturated heterocycles. The summed E-state index contributed by atoms with van der Waals surface area (Å²) < 4.78 is 38.5. The van der Waals surface area contributed by atoms with Crippen molar-refractivity contribution in [2.45, 2.75) is 31.2 Å². The van der Waals surface area contributed by atoms with Crippen molar-refractivity contribution in [3.8, 4) is 11.5 Å². The van der Waals surface area contributed by atoms with Gasteiger partial charge in [0.15, 0.2) is 11.5 Å². The third-order valence-corrected chi connectivity index (χ3v) is 5.32. The van der Waals surface area contributed by atoms with Crippen LogP contribution in [-0.4, -0.2) is 22.6 Å². The zero-order valence-electron chi connectivity index (χ0n) is 14.4. The predicted octanol–water partition coefficient (Wildman–Crippen LogP) is 3.44. The smallest absolute Gasteiger partial charge is 0.241 e. The first-order valence-corrected chi connectivity index (χ1v) is 9.20. The molecule has 0 aliphatic heterocycles. The molecule has 1 atom stereocenters.